The lowest BCUT2D eigenvalue weighted by atomic mass is 10.1. The second kappa shape index (κ2) is 4.37. The molecule has 0 fully saturated rings. The van der Waals surface area contributed by atoms with Crippen LogP contribution in [0.4, 0.5) is 4.39 Å². The lowest BCUT2D eigenvalue weighted by Gasteiger charge is -2.00. The number of esters is 1. The fourth-order valence-electron chi connectivity index (χ4n) is 1.78. The molecule has 0 aliphatic carbocycles. The molecule has 0 spiro atoms. The molecule has 0 unspecified atom stereocenters. The van der Waals surface area contributed by atoms with Gasteiger partial charge in [-0.2, -0.15) is 0 Å². The minimum Gasteiger partial charge on any atom is -0.461 e. The van der Waals surface area contributed by atoms with Crippen molar-refractivity contribution in [3.8, 4) is 0 Å². The van der Waals surface area contributed by atoms with E-state index >= 15 is 0 Å². The Morgan fingerprint density at radius 1 is 1.53 bits per heavy atom. The lowest BCUT2D eigenvalue weighted by molar-refractivity contribution is 0.0520. The van der Waals surface area contributed by atoms with E-state index in [1.807, 2.05) is 0 Å². The summed E-state index contributed by atoms with van der Waals surface area (Å²) in [4.78, 5) is 14.5. The monoisotopic (exact) mass is 255 g/mol. The molecule has 1 heterocycles. The molecule has 0 radical (unpaired) electrons. The molecule has 2 rings (SSSR count). The summed E-state index contributed by atoms with van der Waals surface area (Å²) >= 11 is 5.70. The summed E-state index contributed by atoms with van der Waals surface area (Å²) in [6, 6.07) is 3.08. The highest BCUT2D eigenvalue weighted by Gasteiger charge is 2.19. The van der Waals surface area contributed by atoms with E-state index in [0.29, 0.717) is 16.5 Å². The fourth-order valence-corrected chi connectivity index (χ4v) is 1.94. The van der Waals surface area contributed by atoms with Gasteiger partial charge in [0.15, 0.2) is 5.82 Å². The van der Waals surface area contributed by atoms with Crippen LogP contribution in [-0.4, -0.2) is 17.6 Å². The number of H-pyrrole nitrogens is 1. The van der Waals surface area contributed by atoms with Crippen LogP contribution in [-0.2, 0) is 4.74 Å². The summed E-state index contributed by atoms with van der Waals surface area (Å²) in [6.45, 7) is 3.65. The van der Waals surface area contributed by atoms with Gasteiger partial charge >= 0.3 is 5.97 Å². The maximum Gasteiger partial charge on any atom is 0.355 e. The Kier molecular flexibility index (Phi) is 3.07. The molecule has 2 aromatic rings. The summed E-state index contributed by atoms with van der Waals surface area (Å²) < 4.78 is 18.7. The number of carbonyl (C=O) groups excluding carboxylic acids is 1. The number of halogens is 2. The van der Waals surface area contributed by atoms with Gasteiger partial charge in [-0.25, -0.2) is 9.18 Å². The van der Waals surface area contributed by atoms with E-state index in [1.165, 1.54) is 6.07 Å². The van der Waals surface area contributed by atoms with E-state index < -0.39 is 11.8 Å². The second-order valence-corrected chi connectivity index (χ2v) is 4.04. The Hall–Kier alpha value is -1.55. The topological polar surface area (TPSA) is 42.1 Å². The quantitative estimate of drug-likeness (QED) is 0.835. The average molecular weight is 256 g/mol. The molecule has 1 N–H and O–H groups in total. The number of fused-ring (bicyclic) bond motifs is 1. The van der Waals surface area contributed by atoms with Gasteiger partial charge in [-0.15, -0.1) is 0 Å². The van der Waals surface area contributed by atoms with Crippen LogP contribution in [0.5, 0.6) is 0 Å². The van der Waals surface area contributed by atoms with E-state index in [1.54, 1.807) is 19.9 Å². The number of rotatable bonds is 2. The largest absolute Gasteiger partial charge is 0.461 e. The zero-order valence-electron chi connectivity index (χ0n) is 9.43. The molecule has 90 valence electrons. The Bertz CT molecular complexity index is 592. The number of aromatic nitrogens is 1. The van der Waals surface area contributed by atoms with Crippen molar-refractivity contribution < 1.29 is 13.9 Å². The highest BCUT2D eigenvalue weighted by Crippen LogP contribution is 2.29. The molecule has 0 aliphatic heterocycles. The van der Waals surface area contributed by atoms with Crippen LogP contribution in [0.15, 0.2) is 12.1 Å². The number of benzene rings is 1. The fraction of sp³-hybridized carbons (Fsp3) is 0.250. The van der Waals surface area contributed by atoms with Crippen molar-refractivity contribution in [1.82, 2.24) is 4.98 Å². The zero-order chi connectivity index (χ0) is 12.6. The zero-order valence-corrected chi connectivity index (χ0v) is 10.2. The number of hydrogen-bond donors (Lipinski definition) is 1. The standard InChI is InChI=1S/C12H11ClFNO2/c1-3-17-12(16)11-6(2)9-8(15-11)5-4-7(13)10(9)14/h4-5,15H,3H2,1-2H3. The molecule has 3 nitrogen and oxygen atoms in total. The first-order valence-electron chi connectivity index (χ1n) is 5.19. The van der Waals surface area contributed by atoms with Crippen LogP contribution >= 0.6 is 11.6 Å². The van der Waals surface area contributed by atoms with Crippen molar-refractivity contribution >= 4 is 28.5 Å². The molecule has 0 saturated heterocycles. The van der Waals surface area contributed by atoms with Crippen LogP contribution < -0.4 is 0 Å². The number of aromatic amines is 1. The van der Waals surface area contributed by atoms with Crippen molar-refractivity contribution in [3.05, 3.63) is 34.2 Å². The van der Waals surface area contributed by atoms with Gasteiger partial charge in [-0.3, -0.25) is 0 Å². The highest BCUT2D eigenvalue weighted by atomic mass is 35.5. The third kappa shape index (κ3) is 1.89. The van der Waals surface area contributed by atoms with Crippen molar-refractivity contribution in [3.63, 3.8) is 0 Å². The molecule has 1 aromatic carbocycles. The normalized spacial score (nSPS) is 10.8. The van der Waals surface area contributed by atoms with Gasteiger partial charge in [0.2, 0.25) is 0 Å². The maximum atomic E-state index is 13.8. The minimum absolute atomic E-state index is 0.0370. The molecule has 0 amide bonds. The summed E-state index contributed by atoms with van der Waals surface area (Å²) in [5, 5.41) is 0.371. The van der Waals surface area contributed by atoms with Crippen LogP contribution in [0.2, 0.25) is 5.02 Å². The van der Waals surface area contributed by atoms with Crippen molar-refractivity contribution in [1.29, 1.82) is 0 Å². The van der Waals surface area contributed by atoms with Crippen LogP contribution in [0.1, 0.15) is 23.0 Å². The van der Waals surface area contributed by atoms with E-state index in [9.17, 15) is 9.18 Å². The third-order valence-electron chi connectivity index (χ3n) is 2.58. The van der Waals surface area contributed by atoms with Gasteiger partial charge in [0.1, 0.15) is 5.69 Å². The van der Waals surface area contributed by atoms with Crippen LogP contribution in [0.3, 0.4) is 0 Å². The summed E-state index contributed by atoms with van der Waals surface area (Å²) in [6.07, 6.45) is 0. The smallest absolute Gasteiger partial charge is 0.355 e. The minimum atomic E-state index is -0.520. The first-order valence-corrected chi connectivity index (χ1v) is 5.57. The average Bonchev–Trinajstić information content (AvgIpc) is 2.62. The molecule has 1 aromatic heterocycles. The molecule has 0 aliphatic rings. The summed E-state index contributed by atoms with van der Waals surface area (Å²) in [5.74, 6) is -1.01. The van der Waals surface area contributed by atoms with Crippen molar-refractivity contribution in [2.45, 2.75) is 13.8 Å². The third-order valence-corrected chi connectivity index (χ3v) is 2.88. The lowest BCUT2D eigenvalue weighted by Crippen LogP contribution is -2.06. The predicted octanol–water partition coefficient (Wildman–Crippen LogP) is 3.45. The van der Waals surface area contributed by atoms with E-state index in [4.69, 9.17) is 16.3 Å². The number of carbonyl (C=O) groups is 1. The Morgan fingerprint density at radius 3 is 2.88 bits per heavy atom. The van der Waals surface area contributed by atoms with Gasteiger partial charge in [-0.1, -0.05) is 11.6 Å². The molecule has 0 bridgehead atoms. The molecule has 0 saturated carbocycles. The molecule has 5 heteroatoms. The Labute approximate surface area is 103 Å². The van der Waals surface area contributed by atoms with E-state index in [0.717, 1.165) is 0 Å². The predicted molar refractivity (Wildman–Crippen MR) is 64.0 cm³/mol. The van der Waals surface area contributed by atoms with Gasteiger partial charge < -0.3 is 9.72 Å². The van der Waals surface area contributed by atoms with Gasteiger partial charge in [0.05, 0.1) is 11.6 Å². The van der Waals surface area contributed by atoms with Crippen LogP contribution in [0, 0.1) is 12.7 Å². The van der Waals surface area contributed by atoms with Gasteiger partial charge in [0.25, 0.3) is 0 Å². The first kappa shape index (κ1) is 11.9. The summed E-state index contributed by atoms with van der Waals surface area (Å²) in [7, 11) is 0. The number of hydrogen-bond acceptors (Lipinski definition) is 2. The van der Waals surface area contributed by atoms with Gasteiger partial charge in [-0.05, 0) is 31.5 Å². The Balaban J connectivity index is 2.65. The first-order chi connectivity index (χ1) is 8.06. The maximum absolute atomic E-state index is 13.8. The molecular weight excluding hydrogens is 245 g/mol. The van der Waals surface area contributed by atoms with E-state index in [-0.39, 0.29) is 17.3 Å². The van der Waals surface area contributed by atoms with Gasteiger partial charge in [0, 0.05) is 10.9 Å². The second-order valence-electron chi connectivity index (χ2n) is 3.63. The highest BCUT2D eigenvalue weighted by molar-refractivity contribution is 6.31. The van der Waals surface area contributed by atoms with Crippen LogP contribution in [0.25, 0.3) is 10.9 Å². The molecular formula is C12H11ClFNO2. The summed E-state index contributed by atoms with van der Waals surface area (Å²) in [5.41, 5.74) is 1.31. The van der Waals surface area contributed by atoms with Crippen molar-refractivity contribution in [2.24, 2.45) is 0 Å². The number of ether oxygens (including phenoxy) is 1. The molecule has 17 heavy (non-hydrogen) atoms. The molecule has 0 atom stereocenters. The van der Waals surface area contributed by atoms with E-state index in [2.05, 4.69) is 4.98 Å². The SMILES string of the molecule is CCOC(=O)c1[nH]c2ccc(Cl)c(F)c2c1C. The Morgan fingerprint density at radius 2 is 2.24 bits per heavy atom. The number of nitrogens with one attached hydrogen (secondary N) is 1. The van der Waals surface area contributed by atoms with Crippen molar-refractivity contribution in [2.75, 3.05) is 6.61 Å². The number of aryl methyl sites for hydroxylation is 1.